The van der Waals surface area contributed by atoms with E-state index in [1.807, 2.05) is 0 Å². The molecule has 1 atom stereocenters. The number of rotatable bonds is 1. The van der Waals surface area contributed by atoms with Gasteiger partial charge in [-0.2, -0.15) is 0 Å². The van der Waals surface area contributed by atoms with Crippen molar-refractivity contribution in [2.24, 2.45) is 0 Å². The molecular formula is C2H11AsO6P2. The van der Waals surface area contributed by atoms with Crippen molar-refractivity contribution >= 4 is 30.1 Å². The Morgan fingerprint density at radius 2 is 1.27 bits per heavy atom. The van der Waals surface area contributed by atoms with Crippen LogP contribution in [0.2, 0.25) is 0 Å². The topological polar surface area (TPSA) is 115 Å². The molecule has 9 heteroatoms. The summed E-state index contributed by atoms with van der Waals surface area (Å²) in [7, 11) is -3.65. The van der Waals surface area contributed by atoms with E-state index in [2.05, 4.69) is 0 Å². The summed E-state index contributed by atoms with van der Waals surface area (Å²) in [6.45, 7) is 1.45. The first-order chi connectivity index (χ1) is 4.56. The summed E-state index contributed by atoms with van der Waals surface area (Å²) in [4.78, 5) is 31.2. The quantitative estimate of drug-likeness (QED) is 0.354. The van der Waals surface area contributed by atoms with Crippen LogP contribution in [-0.2, 0) is 9.13 Å². The first-order valence-corrected chi connectivity index (χ1v) is 9.18. The Kier molecular flexibility index (Phi) is 7.19. The molecule has 4 N–H and O–H groups in total. The summed E-state index contributed by atoms with van der Waals surface area (Å²) in [6.07, 6.45) is -3.64. The molecule has 0 heterocycles. The van der Waals surface area contributed by atoms with E-state index in [1.54, 1.807) is 0 Å². The van der Waals surface area contributed by atoms with Gasteiger partial charge < -0.3 is 9.79 Å². The van der Waals surface area contributed by atoms with E-state index in [0.29, 0.717) is 16.4 Å². The van der Waals surface area contributed by atoms with Crippen molar-refractivity contribution in [1.29, 1.82) is 0 Å². The van der Waals surface area contributed by atoms with Gasteiger partial charge in [-0.05, 0) is 0 Å². The predicted molar refractivity (Wildman–Crippen MR) is 43.2 cm³/mol. The second-order valence-electron chi connectivity index (χ2n) is 1.57. The number of hydrogen-bond acceptors (Lipinski definition) is 2. The molecule has 0 saturated carbocycles. The predicted octanol–water partition coefficient (Wildman–Crippen LogP) is -1.10. The minimum absolute atomic E-state index is 0.0625. The first-order valence-electron chi connectivity index (χ1n) is 2.45. The van der Waals surface area contributed by atoms with Gasteiger partial charge in [0, 0.05) is 6.16 Å². The Bertz CT molecular complexity index is 171. The molecule has 0 aliphatic rings. The zero-order valence-electron chi connectivity index (χ0n) is 5.78. The summed E-state index contributed by atoms with van der Waals surface area (Å²) in [5, 5.41) is 0. The van der Waals surface area contributed by atoms with Crippen LogP contribution in [0.3, 0.4) is 0 Å². The summed E-state index contributed by atoms with van der Waals surface area (Å²) in [6, 6.07) is 0. The van der Waals surface area contributed by atoms with Crippen LogP contribution in [0.25, 0.3) is 0 Å². The van der Waals surface area contributed by atoms with Gasteiger partial charge in [-0.1, -0.05) is 6.92 Å². The van der Waals surface area contributed by atoms with Crippen LogP contribution in [0.15, 0.2) is 0 Å². The molecule has 11 heavy (non-hydrogen) atoms. The molecule has 0 aromatic heterocycles. The summed E-state index contributed by atoms with van der Waals surface area (Å²) in [5.41, 5.74) is 0. The normalized spacial score (nSPS) is 11.8. The van der Waals surface area contributed by atoms with Gasteiger partial charge in [-0.3, -0.25) is 4.57 Å². The Morgan fingerprint density at radius 3 is 1.27 bits per heavy atom. The molecule has 0 aromatic rings. The van der Waals surface area contributed by atoms with Gasteiger partial charge in [0.2, 0.25) is 0 Å². The third-order valence-electron chi connectivity index (χ3n) is 0.412. The van der Waals surface area contributed by atoms with Crippen molar-refractivity contribution < 1.29 is 28.7 Å². The van der Waals surface area contributed by atoms with Crippen molar-refractivity contribution in [3.05, 3.63) is 0 Å². The Balaban J connectivity index is 0. The second kappa shape index (κ2) is 5.49. The van der Waals surface area contributed by atoms with E-state index < -0.39 is 13.8 Å². The Hall–Kier alpha value is 0.858. The van der Waals surface area contributed by atoms with Gasteiger partial charge in [0.05, 0.1) is 0 Å². The van der Waals surface area contributed by atoms with E-state index in [0.717, 1.165) is 0 Å². The SMILES string of the molecule is CCP(=O)(O)O.O=P(O)(O)[AsH2]. The van der Waals surface area contributed by atoms with E-state index in [1.165, 1.54) is 6.92 Å². The van der Waals surface area contributed by atoms with Crippen molar-refractivity contribution in [3.63, 3.8) is 0 Å². The third kappa shape index (κ3) is 57.2. The van der Waals surface area contributed by atoms with Crippen LogP contribution in [0.4, 0.5) is 0 Å². The van der Waals surface area contributed by atoms with Crippen molar-refractivity contribution in [2.45, 2.75) is 6.92 Å². The zero-order valence-corrected chi connectivity index (χ0v) is 10.00. The van der Waals surface area contributed by atoms with E-state index in [-0.39, 0.29) is 6.16 Å². The Labute approximate surface area is 72.4 Å². The molecule has 6 nitrogen and oxygen atoms in total. The third-order valence-corrected chi connectivity index (χ3v) is 1.24. The van der Waals surface area contributed by atoms with Gasteiger partial charge >= 0.3 is 44.5 Å². The fraction of sp³-hybridized carbons (Fsp3) is 1.00. The van der Waals surface area contributed by atoms with Gasteiger partial charge in [0.25, 0.3) is 0 Å². The van der Waals surface area contributed by atoms with Crippen molar-refractivity contribution in [1.82, 2.24) is 0 Å². The molecule has 70 valence electrons. The van der Waals surface area contributed by atoms with Crippen molar-refractivity contribution in [3.8, 4) is 0 Å². The van der Waals surface area contributed by atoms with Gasteiger partial charge in [0.15, 0.2) is 0 Å². The molecule has 0 fully saturated rings. The van der Waals surface area contributed by atoms with Crippen molar-refractivity contribution in [2.75, 3.05) is 6.16 Å². The number of hydrogen-bond donors (Lipinski definition) is 4. The Morgan fingerprint density at radius 1 is 1.18 bits per heavy atom. The maximum absolute atomic E-state index is 9.69. The fourth-order valence-corrected chi connectivity index (χ4v) is 0. The molecule has 0 aromatic carbocycles. The molecule has 1 unspecified atom stereocenters. The van der Waals surface area contributed by atoms with E-state index >= 15 is 0 Å². The van der Waals surface area contributed by atoms with E-state index in [9.17, 15) is 9.13 Å². The molecule has 0 rings (SSSR count). The summed E-state index contributed by atoms with van der Waals surface area (Å²) < 4.78 is 19.0. The average molecular weight is 268 g/mol. The van der Waals surface area contributed by atoms with Crippen LogP contribution in [-0.4, -0.2) is 42.1 Å². The van der Waals surface area contributed by atoms with Crippen LogP contribution in [0.1, 0.15) is 6.92 Å². The molecule has 0 bridgehead atoms. The molecule has 0 aliphatic heterocycles. The van der Waals surface area contributed by atoms with Gasteiger partial charge in [-0.15, -0.1) is 0 Å². The van der Waals surface area contributed by atoms with Crippen LogP contribution in [0.5, 0.6) is 0 Å². The average Bonchev–Trinajstić information content (AvgIpc) is 1.59. The molecule has 0 amide bonds. The molecule has 0 spiro atoms. The van der Waals surface area contributed by atoms with Gasteiger partial charge in [0.1, 0.15) is 0 Å². The molecular weight excluding hydrogens is 257 g/mol. The summed E-state index contributed by atoms with van der Waals surface area (Å²) in [5.74, 6) is 0. The maximum atomic E-state index is 9.69. The van der Waals surface area contributed by atoms with Crippen LogP contribution >= 0.6 is 13.8 Å². The minimum atomic E-state index is -3.65. The monoisotopic (exact) mass is 268 g/mol. The van der Waals surface area contributed by atoms with E-state index in [4.69, 9.17) is 19.6 Å². The standard InChI is InChI=1S/C2H7O3P.AsH4O3P/c1-2-6(3,4)5;1-5(2,3)4/h2H2,1H3,(H2,3,4,5);1H2,(H2,2,3,4). The first kappa shape index (κ1) is 14.4. The molecule has 0 saturated heterocycles. The zero-order chi connectivity index (χ0) is 9.71. The van der Waals surface area contributed by atoms with Crippen LogP contribution < -0.4 is 0 Å². The molecule has 0 aliphatic carbocycles. The van der Waals surface area contributed by atoms with Crippen LogP contribution in [0, 0.1) is 0 Å². The fourth-order valence-electron chi connectivity index (χ4n) is 0. The second-order valence-corrected chi connectivity index (χ2v) is 8.94. The summed E-state index contributed by atoms with van der Waals surface area (Å²) >= 11 is 0.458. The van der Waals surface area contributed by atoms with Gasteiger partial charge in [-0.25, -0.2) is 0 Å². The molecule has 0 radical (unpaired) electrons.